The molecule has 3 heteroatoms. The molecule has 6 heavy (non-hydrogen) atoms. The zero-order valence-electron chi connectivity index (χ0n) is 3.72. The second-order valence-corrected chi connectivity index (χ2v) is 1.40. The number of rotatable bonds is 0. The minimum absolute atomic E-state index is 0.241. The summed E-state index contributed by atoms with van der Waals surface area (Å²) >= 11 is 1.06. The van der Waals surface area contributed by atoms with E-state index in [1.54, 1.807) is 6.26 Å². The summed E-state index contributed by atoms with van der Waals surface area (Å²) in [5.74, 6) is 0. The lowest BCUT2D eigenvalue weighted by Gasteiger charge is -1.86. The Hall–Kier alpha value is -0.180. The van der Waals surface area contributed by atoms with Crippen LogP contribution in [0.5, 0.6) is 0 Å². The fraction of sp³-hybridized carbons (Fsp3) is 0.667. The number of ether oxygens (including phenoxy) is 1. The highest BCUT2D eigenvalue weighted by atomic mass is 32.2. The van der Waals surface area contributed by atoms with Crippen LogP contribution < -0.4 is 0 Å². The number of methoxy groups -OCH3 is 1. The molecule has 0 unspecified atom stereocenters. The molecule has 0 saturated heterocycles. The molecule has 0 rings (SSSR count). The van der Waals surface area contributed by atoms with Crippen LogP contribution in [0.3, 0.4) is 0 Å². The van der Waals surface area contributed by atoms with Gasteiger partial charge >= 0.3 is 5.30 Å². The topological polar surface area (TPSA) is 26.3 Å². The van der Waals surface area contributed by atoms with Gasteiger partial charge in [-0.1, -0.05) is 0 Å². The smallest absolute Gasteiger partial charge is 0.366 e. The SMILES string of the molecule is COC(=O)SC. The molecule has 0 radical (unpaired) electrons. The monoisotopic (exact) mass is 106 g/mol. The van der Waals surface area contributed by atoms with E-state index in [4.69, 9.17) is 0 Å². The van der Waals surface area contributed by atoms with Crippen molar-refractivity contribution in [3.63, 3.8) is 0 Å². The Morgan fingerprint density at radius 2 is 2.33 bits per heavy atom. The second-order valence-electron chi connectivity index (χ2n) is 0.658. The van der Waals surface area contributed by atoms with Gasteiger partial charge in [-0.05, 0) is 18.0 Å². The minimum atomic E-state index is -0.241. The molecule has 36 valence electrons. The van der Waals surface area contributed by atoms with Crippen molar-refractivity contribution in [2.75, 3.05) is 13.4 Å². The molecule has 0 heterocycles. The van der Waals surface area contributed by atoms with Crippen LogP contribution in [-0.2, 0) is 4.74 Å². The Kier molecular flexibility index (Phi) is 2.94. The number of hydrogen-bond acceptors (Lipinski definition) is 3. The summed E-state index contributed by atoms with van der Waals surface area (Å²) in [6.07, 6.45) is 1.67. The van der Waals surface area contributed by atoms with Crippen LogP contribution in [0.4, 0.5) is 4.79 Å². The average Bonchev–Trinajstić information content (AvgIpc) is 1.65. The average molecular weight is 106 g/mol. The van der Waals surface area contributed by atoms with Crippen LogP contribution in [0, 0.1) is 0 Å². The van der Waals surface area contributed by atoms with Crippen LogP contribution in [0.1, 0.15) is 0 Å². The predicted molar refractivity (Wildman–Crippen MR) is 25.9 cm³/mol. The molecule has 0 bridgehead atoms. The fourth-order valence-electron chi connectivity index (χ4n) is 0.0833. The fourth-order valence-corrected chi connectivity index (χ4v) is 0.250. The molecule has 0 spiro atoms. The van der Waals surface area contributed by atoms with E-state index in [-0.39, 0.29) is 5.30 Å². The van der Waals surface area contributed by atoms with Crippen LogP contribution in [0.2, 0.25) is 0 Å². The van der Waals surface area contributed by atoms with Crippen molar-refractivity contribution in [2.45, 2.75) is 0 Å². The van der Waals surface area contributed by atoms with E-state index in [2.05, 4.69) is 4.74 Å². The van der Waals surface area contributed by atoms with E-state index in [9.17, 15) is 4.79 Å². The first-order chi connectivity index (χ1) is 2.81. The second kappa shape index (κ2) is 3.03. The Morgan fingerprint density at radius 1 is 1.83 bits per heavy atom. The summed E-state index contributed by atoms with van der Waals surface area (Å²) in [5, 5.41) is -0.241. The van der Waals surface area contributed by atoms with Gasteiger partial charge in [-0.25, -0.2) is 4.79 Å². The van der Waals surface area contributed by atoms with Gasteiger partial charge in [-0.15, -0.1) is 0 Å². The summed E-state index contributed by atoms with van der Waals surface area (Å²) < 4.78 is 4.22. The maximum absolute atomic E-state index is 9.92. The molecule has 0 aromatic rings. The first kappa shape index (κ1) is 5.82. The molecule has 0 aromatic heterocycles. The molecule has 0 N–H and O–H groups in total. The number of thioether (sulfide) groups is 1. The predicted octanol–water partition coefficient (Wildman–Crippen LogP) is 1.12. The number of hydrogen-bond donors (Lipinski definition) is 0. The van der Waals surface area contributed by atoms with Gasteiger partial charge in [0.25, 0.3) is 0 Å². The van der Waals surface area contributed by atoms with Crippen molar-refractivity contribution in [3.8, 4) is 0 Å². The van der Waals surface area contributed by atoms with Crippen LogP contribution >= 0.6 is 11.8 Å². The molecule has 0 aliphatic heterocycles. The van der Waals surface area contributed by atoms with Gasteiger partial charge in [0.1, 0.15) is 0 Å². The first-order valence-electron chi connectivity index (χ1n) is 1.43. The van der Waals surface area contributed by atoms with E-state index in [1.807, 2.05) is 0 Å². The molecular weight excluding hydrogens is 100 g/mol. The molecule has 0 aromatic carbocycles. The van der Waals surface area contributed by atoms with Gasteiger partial charge in [0.2, 0.25) is 0 Å². The van der Waals surface area contributed by atoms with Gasteiger partial charge in [-0.3, -0.25) is 0 Å². The minimum Gasteiger partial charge on any atom is -0.461 e. The summed E-state index contributed by atoms with van der Waals surface area (Å²) in [6.45, 7) is 0. The van der Waals surface area contributed by atoms with E-state index < -0.39 is 0 Å². The zero-order valence-corrected chi connectivity index (χ0v) is 4.54. The third-order valence-electron chi connectivity index (χ3n) is 0.333. The molecule has 0 aliphatic rings. The lowest BCUT2D eigenvalue weighted by molar-refractivity contribution is 0.200. The highest BCUT2D eigenvalue weighted by Crippen LogP contribution is 1.94. The molecule has 0 saturated carbocycles. The lowest BCUT2D eigenvalue weighted by atomic mass is 11.5. The highest BCUT2D eigenvalue weighted by Gasteiger charge is 1.88. The Balaban J connectivity index is 2.99. The third-order valence-corrected chi connectivity index (χ3v) is 0.833. The molecule has 0 fully saturated rings. The number of carbonyl (C=O) groups is 1. The Bertz CT molecular complexity index is 46.8. The van der Waals surface area contributed by atoms with E-state index >= 15 is 0 Å². The van der Waals surface area contributed by atoms with Crippen LogP contribution in [-0.4, -0.2) is 18.7 Å². The zero-order chi connectivity index (χ0) is 4.99. The molecule has 2 nitrogen and oxygen atoms in total. The van der Waals surface area contributed by atoms with Crippen molar-refractivity contribution in [1.29, 1.82) is 0 Å². The van der Waals surface area contributed by atoms with Crippen molar-refractivity contribution in [1.82, 2.24) is 0 Å². The molecule has 0 aliphatic carbocycles. The van der Waals surface area contributed by atoms with Crippen LogP contribution in [0.15, 0.2) is 0 Å². The first-order valence-corrected chi connectivity index (χ1v) is 2.65. The Morgan fingerprint density at radius 3 is 2.33 bits per heavy atom. The maximum Gasteiger partial charge on any atom is 0.366 e. The summed E-state index contributed by atoms with van der Waals surface area (Å²) in [5.41, 5.74) is 0. The lowest BCUT2D eigenvalue weighted by Crippen LogP contribution is -1.86. The van der Waals surface area contributed by atoms with E-state index in [0.29, 0.717) is 0 Å². The quantitative estimate of drug-likeness (QED) is 0.433. The highest BCUT2D eigenvalue weighted by molar-refractivity contribution is 8.12. The molecule has 0 amide bonds. The standard InChI is InChI=1S/C3H6O2S/c1-5-3(4)6-2/h1-2H3. The third kappa shape index (κ3) is 2.08. The van der Waals surface area contributed by atoms with E-state index in [1.165, 1.54) is 7.11 Å². The van der Waals surface area contributed by atoms with Gasteiger partial charge in [0.05, 0.1) is 7.11 Å². The summed E-state index contributed by atoms with van der Waals surface area (Å²) in [7, 11) is 1.36. The van der Waals surface area contributed by atoms with E-state index in [0.717, 1.165) is 11.8 Å². The number of carbonyl (C=O) groups excluding carboxylic acids is 1. The van der Waals surface area contributed by atoms with Gasteiger partial charge < -0.3 is 4.74 Å². The molecular formula is C3H6O2S. The maximum atomic E-state index is 9.92. The largest absolute Gasteiger partial charge is 0.461 e. The summed E-state index contributed by atoms with van der Waals surface area (Å²) in [4.78, 5) is 9.92. The van der Waals surface area contributed by atoms with Crippen molar-refractivity contribution >= 4 is 17.1 Å². The van der Waals surface area contributed by atoms with Crippen LogP contribution in [0.25, 0.3) is 0 Å². The van der Waals surface area contributed by atoms with Crippen molar-refractivity contribution < 1.29 is 9.53 Å². The normalized spacial score (nSPS) is 7.67. The van der Waals surface area contributed by atoms with Crippen molar-refractivity contribution in [2.24, 2.45) is 0 Å². The van der Waals surface area contributed by atoms with Gasteiger partial charge in [0.15, 0.2) is 0 Å². The summed E-state index contributed by atoms with van der Waals surface area (Å²) in [6, 6.07) is 0. The Labute approximate surface area is 40.9 Å². The molecule has 0 atom stereocenters. The van der Waals surface area contributed by atoms with Gasteiger partial charge in [0, 0.05) is 0 Å². The van der Waals surface area contributed by atoms with Gasteiger partial charge in [-0.2, -0.15) is 0 Å². The van der Waals surface area contributed by atoms with Crippen molar-refractivity contribution in [3.05, 3.63) is 0 Å².